The smallest absolute Gasteiger partial charge is 0.191 e. The van der Waals surface area contributed by atoms with Gasteiger partial charge >= 0.3 is 0 Å². The minimum atomic E-state index is 0. The largest absolute Gasteiger partial charge is 0.464 e. The zero-order valence-electron chi connectivity index (χ0n) is 13.4. The second kappa shape index (κ2) is 9.19. The number of hydrogen-bond donors (Lipinski definition) is 2. The van der Waals surface area contributed by atoms with Gasteiger partial charge in [-0.1, -0.05) is 6.92 Å². The van der Waals surface area contributed by atoms with Crippen LogP contribution in [0.15, 0.2) is 38.4 Å². The van der Waals surface area contributed by atoms with Gasteiger partial charge in [-0.3, -0.25) is 4.99 Å². The average molecular weight is 433 g/mol. The van der Waals surface area contributed by atoms with Gasteiger partial charge < -0.3 is 15.1 Å². The molecule has 2 unspecified atom stereocenters. The molecule has 22 heavy (non-hydrogen) atoms. The number of furan rings is 1. The Morgan fingerprint density at radius 2 is 2.09 bits per heavy atom. The summed E-state index contributed by atoms with van der Waals surface area (Å²) in [5.74, 6) is 3.09. The molecule has 2 aromatic rings. The molecule has 0 radical (unpaired) electrons. The molecule has 2 heterocycles. The highest BCUT2D eigenvalue weighted by atomic mass is 127. The topological polar surface area (TPSA) is 49.6 Å². The highest BCUT2D eigenvalue weighted by Gasteiger charge is 2.12. The quantitative estimate of drug-likeness (QED) is 0.420. The number of nitrogens with one attached hydrogen (secondary N) is 2. The first-order valence-corrected chi connectivity index (χ1v) is 8.10. The Morgan fingerprint density at radius 1 is 1.32 bits per heavy atom. The van der Waals surface area contributed by atoms with Crippen LogP contribution in [0.25, 0.3) is 0 Å². The van der Waals surface area contributed by atoms with Crippen LogP contribution in [0.5, 0.6) is 0 Å². The zero-order valence-corrected chi connectivity index (χ0v) is 16.6. The van der Waals surface area contributed by atoms with E-state index in [0.29, 0.717) is 5.92 Å². The normalized spacial score (nSPS) is 14.1. The molecule has 0 saturated heterocycles. The van der Waals surface area contributed by atoms with Crippen LogP contribution < -0.4 is 10.6 Å². The second-order valence-corrected chi connectivity index (χ2v) is 6.01. The summed E-state index contributed by atoms with van der Waals surface area (Å²) in [4.78, 5) is 4.27. The summed E-state index contributed by atoms with van der Waals surface area (Å²) in [5, 5.41) is 11.0. The minimum Gasteiger partial charge on any atom is -0.464 e. The molecular weight excluding hydrogens is 409 g/mol. The maximum atomic E-state index is 5.63. The Hall–Kier alpha value is -1.02. The first kappa shape index (κ1) is 19.0. The monoisotopic (exact) mass is 433 g/mol. The van der Waals surface area contributed by atoms with Gasteiger partial charge in [-0.25, -0.2) is 0 Å². The van der Waals surface area contributed by atoms with E-state index in [0.717, 1.165) is 24.0 Å². The lowest BCUT2D eigenvalue weighted by molar-refractivity contribution is 0.441. The van der Waals surface area contributed by atoms with E-state index in [9.17, 15) is 0 Å². The summed E-state index contributed by atoms with van der Waals surface area (Å²) in [6, 6.07) is 6.22. The molecule has 122 valence electrons. The summed E-state index contributed by atoms with van der Waals surface area (Å²) < 4.78 is 5.63. The average Bonchev–Trinajstić information content (AvgIpc) is 3.13. The third kappa shape index (κ3) is 5.31. The van der Waals surface area contributed by atoms with Crippen LogP contribution in [0.3, 0.4) is 0 Å². The van der Waals surface area contributed by atoms with Crippen molar-refractivity contribution in [1.82, 2.24) is 10.6 Å². The molecule has 0 amide bonds. The Bertz CT molecular complexity index is 580. The first-order valence-electron chi connectivity index (χ1n) is 7.15. The van der Waals surface area contributed by atoms with E-state index in [1.807, 2.05) is 19.1 Å². The van der Waals surface area contributed by atoms with Gasteiger partial charge in [-0.15, -0.1) is 24.0 Å². The predicted molar refractivity (Wildman–Crippen MR) is 105 cm³/mol. The lowest BCUT2D eigenvalue weighted by Crippen LogP contribution is -2.40. The fourth-order valence-electron chi connectivity index (χ4n) is 2.08. The van der Waals surface area contributed by atoms with E-state index in [-0.39, 0.29) is 30.0 Å². The minimum absolute atomic E-state index is 0. The maximum absolute atomic E-state index is 5.63. The summed E-state index contributed by atoms with van der Waals surface area (Å²) in [6.45, 7) is 7.07. The van der Waals surface area contributed by atoms with Crippen molar-refractivity contribution in [2.75, 3.05) is 13.6 Å². The van der Waals surface area contributed by atoms with Gasteiger partial charge in [-0.2, -0.15) is 11.3 Å². The number of nitrogens with zero attached hydrogens (tertiary/aromatic N) is 1. The third-order valence-corrected chi connectivity index (χ3v) is 4.15. The van der Waals surface area contributed by atoms with Gasteiger partial charge in [0.15, 0.2) is 5.96 Å². The SMILES string of the molecule is CN=C(NCC(C)c1ccsc1)NC(C)c1ccc(C)o1.I. The lowest BCUT2D eigenvalue weighted by Gasteiger charge is -2.18. The van der Waals surface area contributed by atoms with E-state index < -0.39 is 0 Å². The van der Waals surface area contributed by atoms with Gasteiger partial charge in [0, 0.05) is 13.6 Å². The molecule has 2 N–H and O–H groups in total. The molecule has 0 aromatic carbocycles. The molecular formula is C16H24IN3OS. The number of guanidine groups is 1. The summed E-state index contributed by atoms with van der Waals surface area (Å²) in [5.41, 5.74) is 1.36. The van der Waals surface area contributed by atoms with Gasteiger partial charge in [-0.05, 0) is 54.3 Å². The second-order valence-electron chi connectivity index (χ2n) is 5.23. The highest BCUT2D eigenvalue weighted by molar-refractivity contribution is 14.0. The fraction of sp³-hybridized carbons (Fsp3) is 0.438. The third-order valence-electron chi connectivity index (χ3n) is 3.45. The van der Waals surface area contributed by atoms with E-state index in [1.165, 1.54) is 5.56 Å². The highest BCUT2D eigenvalue weighted by Crippen LogP contribution is 2.17. The molecule has 4 nitrogen and oxygen atoms in total. The Labute approximate surface area is 153 Å². The van der Waals surface area contributed by atoms with Crippen LogP contribution >= 0.6 is 35.3 Å². The molecule has 0 spiro atoms. The number of thiophene rings is 1. The van der Waals surface area contributed by atoms with Crippen LogP contribution in [0.1, 0.15) is 42.9 Å². The molecule has 0 bridgehead atoms. The standard InChI is InChI=1S/C16H23N3OS.HI/c1-11(14-7-8-21-10-14)9-18-16(17-4)19-13(3)15-6-5-12(2)20-15;/h5-8,10-11,13H,9H2,1-4H3,(H2,17,18,19);1H. The molecule has 0 saturated carbocycles. The predicted octanol–water partition coefficient (Wildman–Crippen LogP) is 4.30. The van der Waals surface area contributed by atoms with Gasteiger partial charge in [0.1, 0.15) is 11.5 Å². The number of halogens is 1. The Kier molecular flexibility index (Phi) is 7.95. The molecule has 2 rings (SSSR count). The van der Waals surface area contributed by atoms with Crippen molar-refractivity contribution in [2.24, 2.45) is 4.99 Å². The van der Waals surface area contributed by atoms with E-state index >= 15 is 0 Å². The lowest BCUT2D eigenvalue weighted by atomic mass is 10.1. The summed E-state index contributed by atoms with van der Waals surface area (Å²) in [6.07, 6.45) is 0. The zero-order chi connectivity index (χ0) is 15.2. The van der Waals surface area contributed by atoms with Crippen LogP contribution in [0, 0.1) is 6.92 Å². The number of hydrogen-bond acceptors (Lipinski definition) is 3. The summed E-state index contributed by atoms with van der Waals surface area (Å²) >= 11 is 1.73. The van der Waals surface area contributed by atoms with E-state index in [4.69, 9.17) is 4.42 Å². The van der Waals surface area contributed by atoms with Crippen molar-refractivity contribution in [2.45, 2.75) is 32.7 Å². The van der Waals surface area contributed by atoms with Crippen molar-refractivity contribution in [3.05, 3.63) is 46.0 Å². The van der Waals surface area contributed by atoms with Crippen LogP contribution in [-0.4, -0.2) is 19.6 Å². The molecule has 0 aliphatic heterocycles. The Balaban J connectivity index is 0.00000242. The molecule has 0 fully saturated rings. The van der Waals surface area contributed by atoms with Crippen LogP contribution in [0.4, 0.5) is 0 Å². The van der Waals surface area contributed by atoms with Gasteiger partial charge in [0.05, 0.1) is 6.04 Å². The molecule has 2 atom stereocenters. The van der Waals surface area contributed by atoms with Crippen LogP contribution in [0.2, 0.25) is 0 Å². The van der Waals surface area contributed by atoms with Crippen molar-refractivity contribution in [3.63, 3.8) is 0 Å². The molecule has 2 aromatic heterocycles. The van der Waals surface area contributed by atoms with Crippen LogP contribution in [-0.2, 0) is 0 Å². The number of aliphatic imine (C=N–C) groups is 1. The molecule has 6 heteroatoms. The summed E-state index contributed by atoms with van der Waals surface area (Å²) in [7, 11) is 1.78. The van der Waals surface area contributed by atoms with E-state index in [1.54, 1.807) is 18.4 Å². The number of rotatable bonds is 5. The van der Waals surface area contributed by atoms with Crippen molar-refractivity contribution in [1.29, 1.82) is 0 Å². The maximum Gasteiger partial charge on any atom is 0.191 e. The van der Waals surface area contributed by atoms with Crippen molar-refractivity contribution < 1.29 is 4.42 Å². The van der Waals surface area contributed by atoms with Crippen molar-refractivity contribution >= 4 is 41.3 Å². The fourth-order valence-corrected chi connectivity index (χ4v) is 2.86. The van der Waals surface area contributed by atoms with E-state index in [2.05, 4.69) is 46.3 Å². The van der Waals surface area contributed by atoms with Crippen molar-refractivity contribution in [3.8, 4) is 0 Å². The molecule has 0 aliphatic rings. The molecule has 0 aliphatic carbocycles. The van der Waals surface area contributed by atoms with Gasteiger partial charge in [0.2, 0.25) is 0 Å². The number of aryl methyl sites for hydroxylation is 1. The Morgan fingerprint density at radius 3 is 2.64 bits per heavy atom. The first-order chi connectivity index (χ1) is 10.1. The van der Waals surface area contributed by atoms with Gasteiger partial charge in [0.25, 0.3) is 0 Å².